The first-order chi connectivity index (χ1) is 7.59. The van der Waals surface area contributed by atoms with Crippen molar-refractivity contribution in [1.82, 2.24) is 0 Å². The molecule has 1 aliphatic heterocycles. The van der Waals surface area contributed by atoms with Crippen molar-refractivity contribution >= 4 is 23.0 Å². The Morgan fingerprint density at radius 3 is 2.94 bits per heavy atom. The van der Waals surface area contributed by atoms with Gasteiger partial charge in [-0.3, -0.25) is 0 Å². The molecule has 0 radical (unpaired) electrons. The van der Waals surface area contributed by atoms with Crippen LogP contribution in [0.1, 0.15) is 13.8 Å². The Morgan fingerprint density at radius 1 is 1.44 bits per heavy atom. The van der Waals surface area contributed by atoms with Gasteiger partial charge in [0.25, 0.3) is 0 Å². The maximum Gasteiger partial charge on any atom is 0.0741 e. The van der Waals surface area contributed by atoms with Crippen molar-refractivity contribution in [2.24, 2.45) is 0 Å². The van der Waals surface area contributed by atoms with Crippen molar-refractivity contribution < 1.29 is 4.74 Å². The lowest BCUT2D eigenvalue weighted by atomic mass is 10.1. The summed E-state index contributed by atoms with van der Waals surface area (Å²) in [5, 5.41) is 0.615. The minimum Gasteiger partial charge on any atom is -0.396 e. The predicted octanol–water partition coefficient (Wildman–Crippen LogP) is 2.54. The Balaban J connectivity index is 2.31. The fourth-order valence-electron chi connectivity index (χ4n) is 2.02. The summed E-state index contributed by atoms with van der Waals surface area (Å²) in [6.07, 6.45) is 0.231. The lowest BCUT2D eigenvalue weighted by molar-refractivity contribution is 0.0344. The van der Waals surface area contributed by atoms with Gasteiger partial charge < -0.3 is 15.4 Å². The molecule has 1 aromatic carbocycles. The molecule has 1 heterocycles. The number of nitrogens with two attached hydrogens (primary N) is 1. The van der Waals surface area contributed by atoms with E-state index in [4.69, 9.17) is 22.1 Å². The smallest absolute Gasteiger partial charge is 0.0741 e. The number of nitrogens with zero attached hydrogens (tertiary/aromatic N) is 1. The van der Waals surface area contributed by atoms with Gasteiger partial charge in [0.2, 0.25) is 0 Å². The van der Waals surface area contributed by atoms with Gasteiger partial charge in [-0.15, -0.1) is 0 Å². The maximum atomic E-state index is 6.03. The van der Waals surface area contributed by atoms with Crippen LogP contribution in [-0.4, -0.2) is 25.3 Å². The molecule has 4 heteroatoms. The van der Waals surface area contributed by atoms with Gasteiger partial charge >= 0.3 is 0 Å². The SMILES string of the molecule is CC1CN(c2cccc(Cl)c2N)C(C)CO1. The second kappa shape index (κ2) is 4.52. The van der Waals surface area contributed by atoms with Crippen LogP contribution in [0.5, 0.6) is 0 Å². The molecule has 0 aliphatic carbocycles. The van der Waals surface area contributed by atoms with E-state index in [2.05, 4.69) is 18.7 Å². The quantitative estimate of drug-likeness (QED) is 0.767. The average molecular weight is 241 g/mol. The molecule has 88 valence electrons. The summed E-state index contributed by atoms with van der Waals surface area (Å²) in [6.45, 7) is 5.78. The number of rotatable bonds is 1. The third kappa shape index (κ3) is 2.11. The highest BCUT2D eigenvalue weighted by Crippen LogP contribution is 2.32. The lowest BCUT2D eigenvalue weighted by Crippen LogP contribution is -2.47. The summed E-state index contributed by atoms with van der Waals surface area (Å²) < 4.78 is 5.60. The summed E-state index contributed by atoms with van der Waals surface area (Å²) >= 11 is 6.03. The molecule has 0 saturated carbocycles. The Bertz CT molecular complexity index is 383. The first-order valence-corrected chi connectivity index (χ1v) is 5.89. The molecule has 1 aliphatic rings. The van der Waals surface area contributed by atoms with E-state index < -0.39 is 0 Å². The Morgan fingerprint density at radius 2 is 2.19 bits per heavy atom. The van der Waals surface area contributed by atoms with Crippen molar-refractivity contribution in [2.75, 3.05) is 23.8 Å². The van der Waals surface area contributed by atoms with Gasteiger partial charge in [0.05, 0.1) is 29.1 Å². The minimum atomic E-state index is 0.231. The zero-order valence-electron chi connectivity index (χ0n) is 9.61. The maximum absolute atomic E-state index is 6.03. The van der Waals surface area contributed by atoms with Crippen LogP contribution < -0.4 is 10.6 Å². The molecule has 1 fully saturated rings. The van der Waals surface area contributed by atoms with E-state index in [9.17, 15) is 0 Å². The molecule has 2 unspecified atom stereocenters. The van der Waals surface area contributed by atoms with Crippen molar-refractivity contribution in [3.63, 3.8) is 0 Å². The monoisotopic (exact) mass is 240 g/mol. The van der Waals surface area contributed by atoms with Gasteiger partial charge in [-0.25, -0.2) is 0 Å². The number of para-hydroxylation sites is 1. The Hall–Kier alpha value is -0.930. The Labute approximate surface area is 101 Å². The predicted molar refractivity (Wildman–Crippen MR) is 68.1 cm³/mol. The fourth-order valence-corrected chi connectivity index (χ4v) is 2.18. The standard InChI is InChI=1S/C12H17ClN2O/c1-8-7-16-9(2)6-15(8)11-5-3-4-10(13)12(11)14/h3-5,8-9H,6-7,14H2,1-2H3. The molecule has 0 bridgehead atoms. The van der Waals surface area contributed by atoms with Crippen molar-refractivity contribution in [3.8, 4) is 0 Å². The van der Waals surface area contributed by atoms with Crippen LogP contribution in [0.15, 0.2) is 18.2 Å². The molecule has 0 amide bonds. The molecule has 1 aromatic rings. The van der Waals surface area contributed by atoms with E-state index in [1.165, 1.54) is 0 Å². The van der Waals surface area contributed by atoms with E-state index in [1.807, 2.05) is 18.2 Å². The zero-order chi connectivity index (χ0) is 11.7. The third-order valence-corrected chi connectivity index (χ3v) is 3.28. The van der Waals surface area contributed by atoms with E-state index in [1.54, 1.807) is 0 Å². The number of halogens is 1. The summed E-state index contributed by atoms with van der Waals surface area (Å²) in [7, 11) is 0. The third-order valence-electron chi connectivity index (χ3n) is 2.95. The number of hydrogen-bond donors (Lipinski definition) is 1. The van der Waals surface area contributed by atoms with Crippen molar-refractivity contribution in [2.45, 2.75) is 26.0 Å². The van der Waals surface area contributed by atoms with Gasteiger partial charge in [0, 0.05) is 12.6 Å². The molecule has 3 nitrogen and oxygen atoms in total. The molecular formula is C12H17ClN2O. The topological polar surface area (TPSA) is 38.5 Å². The zero-order valence-corrected chi connectivity index (χ0v) is 10.4. The van der Waals surface area contributed by atoms with Crippen molar-refractivity contribution in [1.29, 1.82) is 0 Å². The van der Waals surface area contributed by atoms with E-state index in [0.29, 0.717) is 16.8 Å². The highest BCUT2D eigenvalue weighted by Gasteiger charge is 2.25. The van der Waals surface area contributed by atoms with Crippen molar-refractivity contribution in [3.05, 3.63) is 23.2 Å². The largest absolute Gasteiger partial charge is 0.396 e. The average Bonchev–Trinajstić information content (AvgIpc) is 2.26. The van der Waals surface area contributed by atoms with E-state index in [-0.39, 0.29) is 6.10 Å². The normalized spacial score (nSPS) is 25.8. The van der Waals surface area contributed by atoms with Gasteiger partial charge in [0.1, 0.15) is 0 Å². The van der Waals surface area contributed by atoms with Gasteiger partial charge in [0.15, 0.2) is 0 Å². The highest BCUT2D eigenvalue weighted by molar-refractivity contribution is 6.33. The van der Waals surface area contributed by atoms with Crippen LogP contribution in [0.4, 0.5) is 11.4 Å². The molecule has 0 aromatic heterocycles. The van der Waals surface area contributed by atoms with Crippen LogP contribution in [0.2, 0.25) is 5.02 Å². The molecular weight excluding hydrogens is 224 g/mol. The fraction of sp³-hybridized carbons (Fsp3) is 0.500. The van der Waals surface area contributed by atoms with Crippen LogP contribution >= 0.6 is 11.6 Å². The van der Waals surface area contributed by atoms with Crippen LogP contribution in [0.25, 0.3) is 0 Å². The number of anilines is 2. The lowest BCUT2D eigenvalue weighted by Gasteiger charge is -2.39. The van der Waals surface area contributed by atoms with Crippen LogP contribution in [0, 0.1) is 0 Å². The van der Waals surface area contributed by atoms with Crippen LogP contribution in [-0.2, 0) is 4.74 Å². The molecule has 2 atom stereocenters. The minimum absolute atomic E-state index is 0.231. The van der Waals surface area contributed by atoms with E-state index >= 15 is 0 Å². The molecule has 16 heavy (non-hydrogen) atoms. The number of benzene rings is 1. The molecule has 0 spiro atoms. The van der Waals surface area contributed by atoms with Gasteiger partial charge in [-0.05, 0) is 26.0 Å². The highest BCUT2D eigenvalue weighted by atomic mass is 35.5. The molecule has 1 saturated heterocycles. The number of hydrogen-bond acceptors (Lipinski definition) is 3. The van der Waals surface area contributed by atoms with E-state index in [0.717, 1.165) is 18.8 Å². The van der Waals surface area contributed by atoms with Crippen LogP contribution in [0.3, 0.4) is 0 Å². The second-order valence-electron chi connectivity index (χ2n) is 4.32. The van der Waals surface area contributed by atoms with Gasteiger partial charge in [-0.2, -0.15) is 0 Å². The number of morpholine rings is 1. The van der Waals surface area contributed by atoms with Gasteiger partial charge in [-0.1, -0.05) is 17.7 Å². The summed E-state index contributed by atoms with van der Waals surface area (Å²) in [6, 6.07) is 6.09. The summed E-state index contributed by atoms with van der Waals surface area (Å²) in [5.74, 6) is 0. The Kier molecular flexibility index (Phi) is 3.26. The molecule has 2 rings (SSSR count). The molecule has 2 N–H and O–H groups in total. The first kappa shape index (κ1) is 11.6. The number of nitrogen functional groups attached to an aromatic ring is 1. The first-order valence-electron chi connectivity index (χ1n) is 5.52. The number of ether oxygens (including phenoxy) is 1. The summed E-state index contributed by atoms with van der Waals surface area (Å²) in [5.41, 5.74) is 7.67. The summed E-state index contributed by atoms with van der Waals surface area (Å²) in [4.78, 5) is 2.26. The second-order valence-corrected chi connectivity index (χ2v) is 4.73.